The third-order valence-corrected chi connectivity index (χ3v) is 13.9. The number of aromatic hydroxyl groups is 1. The maximum atomic E-state index is 14.3. The van der Waals surface area contributed by atoms with Gasteiger partial charge in [0.2, 0.25) is 35.4 Å². The van der Waals surface area contributed by atoms with Crippen LogP contribution in [-0.2, 0) is 38.4 Å². The molecule has 3 heterocycles. The van der Waals surface area contributed by atoms with E-state index >= 15 is 0 Å². The van der Waals surface area contributed by atoms with Gasteiger partial charge in [0, 0.05) is 32.4 Å². The third kappa shape index (κ3) is 17.2. The average Bonchev–Trinajstić information content (AvgIpc) is 3.95. The molecule has 3 aliphatic heterocycles. The van der Waals surface area contributed by atoms with Crippen LogP contribution in [0.2, 0.25) is 0 Å². The van der Waals surface area contributed by atoms with E-state index in [-0.39, 0.29) is 24.2 Å². The van der Waals surface area contributed by atoms with Crippen LogP contribution in [0, 0.1) is 11.8 Å². The molecule has 74 heavy (non-hydrogen) atoms. The molecular weight excluding hydrogens is 973 g/mol. The van der Waals surface area contributed by atoms with Crippen molar-refractivity contribution in [1.29, 1.82) is 0 Å². The van der Waals surface area contributed by atoms with Gasteiger partial charge in [-0.25, -0.2) is 4.99 Å². The fraction of sp³-hybridized carbons (Fsp3) is 0.694. The highest BCUT2D eigenvalue weighted by Gasteiger charge is 2.48. The summed E-state index contributed by atoms with van der Waals surface area (Å²) in [5.41, 5.74) is 4.26. The molecule has 2 fully saturated rings. The number of aliphatic hydroxyl groups is 8. The highest BCUT2D eigenvalue weighted by molar-refractivity contribution is 6.41. The molecule has 25 heteroatoms. The summed E-state index contributed by atoms with van der Waals surface area (Å²) in [5.74, 6) is -8.97. The van der Waals surface area contributed by atoms with Gasteiger partial charge in [-0.3, -0.25) is 38.4 Å². The Kier molecular flexibility index (Phi) is 23.7. The van der Waals surface area contributed by atoms with Crippen molar-refractivity contribution < 1.29 is 84.3 Å². The van der Waals surface area contributed by atoms with Crippen LogP contribution in [0.25, 0.3) is 0 Å². The number of phenols is 1. The Balaban J connectivity index is 1.69. The summed E-state index contributed by atoms with van der Waals surface area (Å²) < 4.78 is 0. The van der Waals surface area contributed by atoms with Gasteiger partial charge >= 0.3 is 0 Å². The average molecular weight is 1050 g/mol. The van der Waals surface area contributed by atoms with Crippen molar-refractivity contribution >= 4 is 53.0 Å². The maximum absolute atomic E-state index is 14.3. The second kappa shape index (κ2) is 28.9. The van der Waals surface area contributed by atoms with E-state index in [1.54, 1.807) is 0 Å². The lowest BCUT2D eigenvalue weighted by Gasteiger charge is -2.34. The minimum Gasteiger partial charge on any atom is -0.508 e. The molecule has 14 atom stereocenters. The number of aliphatic hydroxyl groups excluding tert-OH is 8. The Morgan fingerprint density at radius 3 is 2.08 bits per heavy atom. The zero-order valence-electron chi connectivity index (χ0n) is 42.1. The summed E-state index contributed by atoms with van der Waals surface area (Å²) in [6.45, 7) is 4.34. The van der Waals surface area contributed by atoms with E-state index in [1.165, 1.54) is 6.42 Å². The molecule has 0 bridgehead atoms. The number of rotatable bonds is 20. The SMILES string of the molecule is CC[C@H](C)C[C@H](C)CCCCCCCCC(=O)N[C@H]1C[C@@H](O)[C@@H](O)NC(=O)[C@@H]2[C@@H](O)CCN2C(=O)[C@H]([C@H](O)CC(N)=O)NC(=O)[C@H]([C@H](O)[C@@H](O)c2ccc(O)cc2)NC(=O)[C@@H]2C[C@@H](O)CN2C(=O)/C(CO)=N/C1=O. The third-order valence-electron chi connectivity index (χ3n) is 13.9. The van der Waals surface area contributed by atoms with E-state index in [9.17, 15) is 84.3 Å². The Morgan fingerprint density at radius 1 is 0.811 bits per heavy atom. The molecular formula is C49H76N8O17. The second-order valence-corrected chi connectivity index (χ2v) is 19.9. The number of unbranched alkanes of at least 4 members (excludes halogenated alkanes) is 5. The van der Waals surface area contributed by atoms with Crippen LogP contribution in [0.4, 0.5) is 0 Å². The first-order valence-corrected chi connectivity index (χ1v) is 25.4. The second-order valence-electron chi connectivity index (χ2n) is 19.9. The topological polar surface area (TPSA) is 412 Å². The monoisotopic (exact) mass is 1050 g/mol. The van der Waals surface area contributed by atoms with Crippen LogP contribution in [0.1, 0.15) is 122 Å². The highest BCUT2D eigenvalue weighted by atomic mass is 16.3. The van der Waals surface area contributed by atoms with Crippen LogP contribution >= 0.6 is 0 Å². The van der Waals surface area contributed by atoms with Gasteiger partial charge in [-0.2, -0.15) is 0 Å². The van der Waals surface area contributed by atoms with Gasteiger partial charge in [-0.05, 0) is 48.8 Å². The zero-order valence-corrected chi connectivity index (χ0v) is 42.1. The van der Waals surface area contributed by atoms with Gasteiger partial charge in [-0.15, -0.1) is 0 Å². The minimum atomic E-state index is -2.37. The number of nitrogens with zero attached hydrogens (tertiary/aromatic N) is 3. The van der Waals surface area contributed by atoms with Crippen molar-refractivity contribution in [1.82, 2.24) is 31.1 Å². The first-order chi connectivity index (χ1) is 35.0. The number of phenolic OH excluding ortho intramolecular Hbond substituents is 1. The van der Waals surface area contributed by atoms with Crippen molar-refractivity contribution in [3.8, 4) is 5.75 Å². The molecule has 15 N–H and O–H groups in total. The van der Waals surface area contributed by atoms with E-state index in [0.29, 0.717) is 34.5 Å². The van der Waals surface area contributed by atoms with Crippen molar-refractivity contribution in [3.63, 3.8) is 0 Å². The molecule has 0 spiro atoms. The van der Waals surface area contributed by atoms with Crippen molar-refractivity contribution in [2.24, 2.45) is 22.6 Å². The molecule has 0 aliphatic carbocycles. The maximum Gasteiger partial charge on any atom is 0.271 e. The predicted molar refractivity (Wildman–Crippen MR) is 261 cm³/mol. The number of fused-ring (bicyclic) bond motifs is 2. The number of nitrogens with two attached hydrogens (primary N) is 1. The normalized spacial score (nSPS) is 28.5. The number of hydrogen-bond acceptors (Lipinski definition) is 17. The van der Waals surface area contributed by atoms with E-state index in [4.69, 9.17) is 5.73 Å². The molecule has 1 aromatic rings. The predicted octanol–water partition coefficient (Wildman–Crippen LogP) is -3.25. The first-order valence-electron chi connectivity index (χ1n) is 25.4. The number of primary amides is 1. The summed E-state index contributed by atoms with van der Waals surface area (Å²) in [5, 5.41) is 107. The van der Waals surface area contributed by atoms with Gasteiger partial charge in [-0.1, -0.05) is 77.8 Å². The molecule has 414 valence electrons. The smallest absolute Gasteiger partial charge is 0.271 e. The number of amides is 8. The molecule has 1 aromatic carbocycles. The molecule has 0 aromatic heterocycles. The van der Waals surface area contributed by atoms with Crippen LogP contribution in [0.3, 0.4) is 0 Å². The molecule has 4 rings (SSSR count). The van der Waals surface area contributed by atoms with Gasteiger partial charge in [0.05, 0.1) is 31.3 Å². The summed E-state index contributed by atoms with van der Waals surface area (Å²) >= 11 is 0. The standard InChI is InChI=1S/C49H76N8O17/c1-4-25(2)19-26(3)11-9-7-5-6-8-10-12-37(65)51-30-21-35(63)45(70)55-47(72)40-33(61)17-18-56(40)49(74)38(34(62)22-36(50)64)53-46(71)39(42(67)41(66)27-13-15-28(59)16-14-27)54-44(69)32-20-29(60)23-57(32)48(73)31(24-58)52-43(30)68/h13-16,25-26,29-30,32-35,38-42,45,58-63,66-67,70H,4-12,17-24H2,1-3H3,(H2,50,64)(H,51,65)(H,53,71)(H,54,69)(H,55,72)/b52-31+/t25-,26+,29+,30-,32-,33-,34+,35+,38-,39-,40-,41-,42-,45+/m0/s1. The van der Waals surface area contributed by atoms with Crippen LogP contribution in [0.15, 0.2) is 29.3 Å². The Bertz CT molecular complexity index is 2130. The summed E-state index contributed by atoms with van der Waals surface area (Å²) in [4.78, 5) is 115. The Morgan fingerprint density at radius 2 is 1.45 bits per heavy atom. The number of carbonyl (C=O) groups excluding carboxylic acids is 8. The first kappa shape index (κ1) is 60.9. The Labute approximate surface area is 429 Å². The number of carbonyl (C=O) groups is 8. The van der Waals surface area contributed by atoms with Crippen LogP contribution < -0.4 is 27.0 Å². The summed E-state index contributed by atoms with van der Waals surface area (Å²) in [6.07, 6.45) is -8.63. The fourth-order valence-electron chi connectivity index (χ4n) is 9.47. The van der Waals surface area contributed by atoms with Crippen LogP contribution in [0.5, 0.6) is 5.75 Å². The van der Waals surface area contributed by atoms with Crippen LogP contribution in [-0.4, -0.2) is 195 Å². The van der Waals surface area contributed by atoms with E-state index in [2.05, 4.69) is 41.7 Å². The molecule has 0 unspecified atom stereocenters. The summed E-state index contributed by atoms with van der Waals surface area (Å²) in [7, 11) is 0. The largest absolute Gasteiger partial charge is 0.508 e. The van der Waals surface area contributed by atoms with Gasteiger partial charge in [0.15, 0.2) is 6.23 Å². The molecule has 0 radical (unpaired) electrons. The van der Waals surface area contributed by atoms with Crippen molar-refractivity contribution in [2.45, 2.75) is 184 Å². The number of benzene rings is 1. The van der Waals surface area contributed by atoms with Gasteiger partial charge < -0.3 is 82.8 Å². The molecule has 2 saturated heterocycles. The van der Waals surface area contributed by atoms with E-state index in [1.807, 2.05) is 5.32 Å². The molecule has 25 nitrogen and oxygen atoms in total. The van der Waals surface area contributed by atoms with E-state index in [0.717, 1.165) is 62.8 Å². The number of nitrogens with one attached hydrogen (secondary N) is 4. The molecule has 8 amide bonds. The zero-order chi connectivity index (χ0) is 55.0. The quantitative estimate of drug-likeness (QED) is 0.0571. The lowest BCUT2D eigenvalue weighted by molar-refractivity contribution is -0.149. The number of hydrogen-bond donors (Lipinski definition) is 14. The Hall–Kier alpha value is -5.67. The van der Waals surface area contributed by atoms with Gasteiger partial charge in [0.1, 0.15) is 60.0 Å². The van der Waals surface area contributed by atoms with Crippen molar-refractivity contribution in [2.75, 3.05) is 19.7 Å². The summed E-state index contributed by atoms with van der Waals surface area (Å²) in [6, 6.07) is -5.58. The van der Waals surface area contributed by atoms with E-state index < -0.39 is 165 Å². The lowest BCUT2D eigenvalue weighted by atomic mass is 9.91. The van der Waals surface area contributed by atoms with Crippen molar-refractivity contribution in [3.05, 3.63) is 29.8 Å². The molecule has 0 saturated carbocycles. The number of aliphatic imine (C=N–C) groups is 1. The highest BCUT2D eigenvalue weighted by Crippen LogP contribution is 2.26. The minimum absolute atomic E-state index is 0.0966. The lowest BCUT2D eigenvalue weighted by Crippen LogP contribution is -2.64. The molecule has 3 aliphatic rings. The fourth-order valence-corrected chi connectivity index (χ4v) is 9.47. The van der Waals surface area contributed by atoms with Gasteiger partial charge in [0.25, 0.3) is 11.8 Å².